The number of nitrogens with one attached hydrogen (secondary N) is 1. The summed E-state index contributed by atoms with van der Waals surface area (Å²) in [5.74, 6) is 3.38. The quantitative estimate of drug-likeness (QED) is 0.926. The Balaban J connectivity index is 1.29. The molecule has 2 aliphatic carbocycles. The average molecular weight is 287 g/mol. The van der Waals surface area contributed by atoms with Gasteiger partial charge in [0.25, 0.3) is 0 Å². The maximum absolute atomic E-state index is 12.1. The fraction of sp³-hybridized carbons (Fsp3) is 0.588. The second-order valence-corrected chi connectivity index (χ2v) is 6.54. The van der Waals surface area contributed by atoms with Gasteiger partial charge in [0.2, 0.25) is 12.7 Å². The van der Waals surface area contributed by atoms with E-state index in [2.05, 4.69) is 5.32 Å². The Morgan fingerprint density at radius 2 is 2.10 bits per heavy atom. The normalized spacial score (nSPS) is 28.9. The van der Waals surface area contributed by atoms with Crippen molar-refractivity contribution in [3.05, 3.63) is 23.8 Å². The summed E-state index contributed by atoms with van der Waals surface area (Å²) in [6.45, 7) is 0.295. The molecule has 2 saturated carbocycles. The molecule has 1 heterocycles. The number of benzene rings is 1. The standard InChI is InChI=1S/C17H21NO3/c19-17(18-14-8-12-1-4-13(14)7-12)6-3-11-2-5-15-16(9-11)21-10-20-15/h2,5,9,12-14H,1,3-4,6-8,10H2,(H,18,19)/t12-,13+,14+/m0/s1. The zero-order valence-corrected chi connectivity index (χ0v) is 12.1. The van der Waals surface area contributed by atoms with Gasteiger partial charge in [0.05, 0.1) is 0 Å². The molecule has 3 aliphatic rings. The molecule has 4 rings (SSSR count). The summed E-state index contributed by atoms with van der Waals surface area (Å²) in [5.41, 5.74) is 1.13. The monoisotopic (exact) mass is 287 g/mol. The van der Waals surface area contributed by atoms with E-state index in [1.54, 1.807) is 0 Å². The van der Waals surface area contributed by atoms with Crippen LogP contribution in [0.15, 0.2) is 18.2 Å². The van der Waals surface area contributed by atoms with Crippen molar-refractivity contribution >= 4 is 5.91 Å². The topological polar surface area (TPSA) is 47.6 Å². The van der Waals surface area contributed by atoms with Crippen LogP contribution in [-0.4, -0.2) is 18.7 Å². The van der Waals surface area contributed by atoms with Gasteiger partial charge in [0.15, 0.2) is 11.5 Å². The Bertz CT molecular complexity index is 557. The van der Waals surface area contributed by atoms with Crippen molar-refractivity contribution in [2.24, 2.45) is 11.8 Å². The summed E-state index contributed by atoms with van der Waals surface area (Å²) in [7, 11) is 0. The molecule has 1 amide bonds. The third-order valence-electron chi connectivity index (χ3n) is 5.16. The van der Waals surface area contributed by atoms with Crippen molar-refractivity contribution in [2.45, 2.75) is 44.6 Å². The molecule has 1 N–H and O–H groups in total. The van der Waals surface area contributed by atoms with E-state index in [1.807, 2.05) is 18.2 Å². The first-order valence-corrected chi connectivity index (χ1v) is 7.96. The summed E-state index contributed by atoms with van der Waals surface area (Å²) in [4.78, 5) is 12.1. The predicted octanol–water partition coefficient (Wildman–Crippen LogP) is 2.65. The number of carbonyl (C=O) groups is 1. The molecular formula is C17H21NO3. The number of hydrogen-bond acceptors (Lipinski definition) is 3. The molecule has 2 bridgehead atoms. The van der Waals surface area contributed by atoms with E-state index in [0.29, 0.717) is 19.3 Å². The van der Waals surface area contributed by atoms with Gasteiger partial charge in [-0.25, -0.2) is 0 Å². The van der Waals surface area contributed by atoms with Crippen molar-refractivity contribution in [1.29, 1.82) is 0 Å². The number of hydrogen-bond donors (Lipinski definition) is 1. The molecule has 3 atom stereocenters. The van der Waals surface area contributed by atoms with Crippen molar-refractivity contribution in [3.8, 4) is 11.5 Å². The first-order chi connectivity index (χ1) is 10.3. The highest BCUT2D eigenvalue weighted by Crippen LogP contribution is 2.44. The lowest BCUT2D eigenvalue weighted by molar-refractivity contribution is -0.122. The Hall–Kier alpha value is -1.71. The number of amides is 1. The van der Waals surface area contributed by atoms with Gasteiger partial charge >= 0.3 is 0 Å². The van der Waals surface area contributed by atoms with Crippen molar-refractivity contribution in [3.63, 3.8) is 0 Å². The summed E-state index contributed by atoms with van der Waals surface area (Å²) in [6.07, 6.45) is 6.50. The van der Waals surface area contributed by atoms with E-state index in [0.717, 1.165) is 35.3 Å². The molecule has 0 unspecified atom stereocenters. The van der Waals surface area contributed by atoms with Crippen LogP contribution in [0.25, 0.3) is 0 Å². The number of ether oxygens (including phenoxy) is 2. The van der Waals surface area contributed by atoms with Crippen LogP contribution < -0.4 is 14.8 Å². The Morgan fingerprint density at radius 1 is 1.19 bits per heavy atom. The van der Waals surface area contributed by atoms with Gasteiger partial charge in [0, 0.05) is 12.5 Å². The largest absolute Gasteiger partial charge is 0.454 e. The van der Waals surface area contributed by atoms with Crippen LogP contribution in [0.4, 0.5) is 0 Å². The molecule has 112 valence electrons. The van der Waals surface area contributed by atoms with E-state index in [9.17, 15) is 4.79 Å². The lowest BCUT2D eigenvalue weighted by Crippen LogP contribution is -2.38. The SMILES string of the molecule is O=C(CCc1ccc2c(c1)OCO2)N[C@@H]1C[C@H]2CC[C@@H]1C2. The van der Waals surface area contributed by atoms with Crippen molar-refractivity contribution in [2.75, 3.05) is 6.79 Å². The Morgan fingerprint density at radius 3 is 2.90 bits per heavy atom. The zero-order chi connectivity index (χ0) is 14.2. The highest BCUT2D eigenvalue weighted by molar-refractivity contribution is 5.76. The Labute approximate surface area is 124 Å². The summed E-state index contributed by atoms with van der Waals surface area (Å²) in [6, 6.07) is 6.35. The van der Waals surface area contributed by atoms with Crippen molar-refractivity contribution < 1.29 is 14.3 Å². The molecule has 1 aromatic carbocycles. The van der Waals surface area contributed by atoms with Gasteiger partial charge in [-0.15, -0.1) is 0 Å². The maximum atomic E-state index is 12.1. The molecule has 0 aromatic heterocycles. The van der Waals surface area contributed by atoms with Crippen LogP contribution >= 0.6 is 0 Å². The number of aryl methyl sites for hydroxylation is 1. The molecule has 0 saturated heterocycles. The molecule has 2 fully saturated rings. The minimum absolute atomic E-state index is 0.185. The predicted molar refractivity (Wildman–Crippen MR) is 78.3 cm³/mol. The van der Waals surface area contributed by atoms with E-state index in [1.165, 1.54) is 25.7 Å². The average Bonchev–Trinajstić information content (AvgIpc) is 3.20. The lowest BCUT2D eigenvalue weighted by atomic mass is 9.95. The fourth-order valence-electron chi connectivity index (χ4n) is 4.05. The minimum Gasteiger partial charge on any atom is -0.454 e. The van der Waals surface area contributed by atoms with Gasteiger partial charge < -0.3 is 14.8 Å². The smallest absolute Gasteiger partial charge is 0.231 e. The van der Waals surface area contributed by atoms with Crippen LogP contribution in [0, 0.1) is 11.8 Å². The van der Waals surface area contributed by atoms with E-state index in [-0.39, 0.29) is 5.91 Å². The van der Waals surface area contributed by atoms with Gasteiger partial charge in [-0.1, -0.05) is 12.5 Å². The fourth-order valence-corrected chi connectivity index (χ4v) is 4.05. The van der Waals surface area contributed by atoms with Crippen LogP contribution in [0.2, 0.25) is 0 Å². The summed E-state index contributed by atoms with van der Waals surface area (Å²) < 4.78 is 10.7. The second-order valence-electron chi connectivity index (χ2n) is 6.54. The first kappa shape index (κ1) is 13.0. The number of fused-ring (bicyclic) bond motifs is 3. The van der Waals surface area contributed by atoms with Crippen LogP contribution in [0.5, 0.6) is 11.5 Å². The van der Waals surface area contributed by atoms with Gasteiger partial charge in [-0.2, -0.15) is 0 Å². The zero-order valence-electron chi connectivity index (χ0n) is 12.1. The summed E-state index contributed by atoms with van der Waals surface area (Å²) in [5, 5.41) is 3.24. The van der Waals surface area contributed by atoms with Crippen LogP contribution in [0.3, 0.4) is 0 Å². The van der Waals surface area contributed by atoms with E-state index >= 15 is 0 Å². The van der Waals surface area contributed by atoms with E-state index in [4.69, 9.17) is 9.47 Å². The molecule has 0 radical (unpaired) electrons. The molecule has 4 nitrogen and oxygen atoms in total. The molecule has 4 heteroatoms. The third kappa shape index (κ3) is 2.59. The van der Waals surface area contributed by atoms with Crippen molar-refractivity contribution in [1.82, 2.24) is 5.32 Å². The molecule has 0 spiro atoms. The number of carbonyl (C=O) groups excluding carboxylic acids is 1. The minimum atomic E-state index is 0.185. The Kier molecular flexibility index (Phi) is 3.24. The van der Waals surface area contributed by atoms with Crippen LogP contribution in [-0.2, 0) is 11.2 Å². The van der Waals surface area contributed by atoms with Gasteiger partial charge in [0.1, 0.15) is 0 Å². The van der Waals surface area contributed by atoms with Gasteiger partial charge in [-0.3, -0.25) is 4.79 Å². The summed E-state index contributed by atoms with van der Waals surface area (Å²) >= 11 is 0. The molecule has 1 aromatic rings. The number of rotatable bonds is 4. The van der Waals surface area contributed by atoms with E-state index < -0.39 is 0 Å². The van der Waals surface area contributed by atoms with Crippen LogP contribution in [0.1, 0.15) is 37.7 Å². The third-order valence-corrected chi connectivity index (χ3v) is 5.16. The maximum Gasteiger partial charge on any atom is 0.231 e. The van der Waals surface area contributed by atoms with Gasteiger partial charge in [-0.05, 0) is 55.2 Å². The highest BCUT2D eigenvalue weighted by Gasteiger charge is 2.39. The molecular weight excluding hydrogens is 266 g/mol. The second kappa shape index (κ2) is 5.24. The molecule has 21 heavy (non-hydrogen) atoms. The lowest BCUT2D eigenvalue weighted by Gasteiger charge is -2.22. The molecule has 1 aliphatic heterocycles. The first-order valence-electron chi connectivity index (χ1n) is 7.96. The highest BCUT2D eigenvalue weighted by atomic mass is 16.7.